The third-order valence-corrected chi connectivity index (χ3v) is 6.02. The third kappa shape index (κ3) is 4.94. The Bertz CT molecular complexity index is 610. The first-order chi connectivity index (χ1) is 15.0. The number of ether oxygens (including phenoxy) is 5. The fourth-order valence-electron chi connectivity index (χ4n) is 3.92. The molecule has 14 heteroatoms. The van der Waals surface area contributed by atoms with Crippen molar-refractivity contribution in [2.45, 2.75) is 106 Å². The summed E-state index contributed by atoms with van der Waals surface area (Å²) in [5.74, 6) is 0. The Morgan fingerprint density at radius 2 is 1.00 bits per heavy atom. The summed E-state index contributed by atoms with van der Waals surface area (Å²) in [5.41, 5.74) is 0. The van der Waals surface area contributed by atoms with E-state index in [1.807, 2.05) is 0 Å². The molecule has 0 saturated carbocycles. The van der Waals surface area contributed by atoms with Crippen LogP contribution in [0, 0.1) is 0 Å². The predicted molar refractivity (Wildman–Crippen MR) is 98.4 cm³/mol. The highest BCUT2D eigenvalue weighted by atomic mass is 16.8. The molecule has 0 radical (unpaired) electrons. The summed E-state index contributed by atoms with van der Waals surface area (Å²) >= 11 is 0. The molecule has 3 fully saturated rings. The lowest BCUT2D eigenvalue weighted by molar-refractivity contribution is -0.385. The van der Waals surface area contributed by atoms with E-state index < -0.39 is 98.7 Å². The van der Waals surface area contributed by atoms with E-state index >= 15 is 0 Å². The van der Waals surface area contributed by atoms with Gasteiger partial charge in [-0.2, -0.15) is 0 Å². The van der Waals surface area contributed by atoms with Gasteiger partial charge in [-0.15, -0.1) is 0 Å². The summed E-state index contributed by atoms with van der Waals surface area (Å²) in [4.78, 5) is 0. The quantitative estimate of drug-likeness (QED) is 0.182. The van der Waals surface area contributed by atoms with Crippen molar-refractivity contribution in [3.05, 3.63) is 0 Å². The second-order valence-corrected chi connectivity index (χ2v) is 8.30. The average Bonchev–Trinajstić information content (AvgIpc) is 2.76. The van der Waals surface area contributed by atoms with Crippen LogP contribution >= 0.6 is 0 Å². The molecule has 0 spiro atoms. The highest BCUT2D eigenvalue weighted by Gasteiger charge is 2.53. The molecule has 0 bridgehead atoms. The molecule has 188 valence electrons. The number of aliphatic hydroxyl groups is 9. The largest absolute Gasteiger partial charge is 0.394 e. The van der Waals surface area contributed by atoms with E-state index in [0.717, 1.165) is 0 Å². The van der Waals surface area contributed by atoms with Crippen molar-refractivity contribution >= 4 is 0 Å². The third-order valence-electron chi connectivity index (χ3n) is 6.02. The lowest BCUT2D eigenvalue weighted by Gasteiger charge is -2.48. The van der Waals surface area contributed by atoms with Crippen LogP contribution < -0.4 is 0 Å². The Balaban J connectivity index is 1.81. The van der Waals surface area contributed by atoms with Gasteiger partial charge in [0, 0.05) is 0 Å². The number of aliphatic hydroxyl groups excluding tert-OH is 9. The zero-order valence-electron chi connectivity index (χ0n) is 17.4. The van der Waals surface area contributed by atoms with Crippen molar-refractivity contribution in [2.75, 3.05) is 6.61 Å². The lowest BCUT2D eigenvalue weighted by Crippen LogP contribution is -2.66. The maximum Gasteiger partial charge on any atom is 0.187 e. The van der Waals surface area contributed by atoms with Gasteiger partial charge in [-0.05, 0) is 13.8 Å². The predicted octanol–water partition coefficient (Wildman–Crippen LogP) is -5.52. The molecule has 0 unspecified atom stereocenters. The van der Waals surface area contributed by atoms with Gasteiger partial charge in [-0.25, -0.2) is 0 Å². The maximum absolute atomic E-state index is 10.6. The Labute approximate surface area is 183 Å². The zero-order valence-corrected chi connectivity index (χ0v) is 17.4. The van der Waals surface area contributed by atoms with Gasteiger partial charge in [-0.3, -0.25) is 0 Å². The van der Waals surface area contributed by atoms with Crippen LogP contribution in [0.15, 0.2) is 0 Å². The van der Waals surface area contributed by atoms with Crippen molar-refractivity contribution in [1.82, 2.24) is 0 Å². The molecule has 0 aliphatic carbocycles. The van der Waals surface area contributed by atoms with E-state index in [0.29, 0.717) is 0 Å². The molecule has 0 aromatic carbocycles. The van der Waals surface area contributed by atoms with Gasteiger partial charge in [0.1, 0.15) is 61.0 Å². The molecule has 3 saturated heterocycles. The van der Waals surface area contributed by atoms with Crippen LogP contribution in [-0.4, -0.2) is 145 Å². The van der Waals surface area contributed by atoms with Gasteiger partial charge in [0.25, 0.3) is 0 Å². The Hall–Kier alpha value is -0.560. The van der Waals surface area contributed by atoms with Crippen molar-refractivity contribution in [2.24, 2.45) is 0 Å². The fourth-order valence-corrected chi connectivity index (χ4v) is 3.92. The fraction of sp³-hybridized carbons (Fsp3) is 1.00. The van der Waals surface area contributed by atoms with E-state index in [9.17, 15) is 46.0 Å². The maximum atomic E-state index is 10.6. The molecular weight excluding hydrogens is 440 g/mol. The summed E-state index contributed by atoms with van der Waals surface area (Å²) in [7, 11) is 0. The highest BCUT2D eigenvalue weighted by Crippen LogP contribution is 2.32. The molecule has 0 aromatic rings. The molecule has 3 heterocycles. The minimum Gasteiger partial charge on any atom is -0.394 e. The Morgan fingerprint density at radius 3 is 1.44 bits per heavy atom. The zero-order chi connectivity index (χ0) is 23.9. The van der Waals surface area contributed by atoms with Crippen LogP contribution in [0.3, 0.4) is 0 Å². The molecule has 3 aliphatic rings. The van der Waals surface area contributed by atoms with Crippen molar-refractivity contribution in [1.29, 1.82) is 0 Å². The minimum absolute atomic E-state index is 0.721. The molecule has 32 heavy (non-hydrogen) atoms. The van der Waals surface area contributed by atoms with Crippen LogP contribution in [0.2, 0.25) is 0 Å². The lowest BCUT2D eigenvalue weighted by atomic mass is 9.96. The first-order valence-corrected chi connectivity index (χ1v) is 10.3. The standard InChI is InChI=1S/C18H32O14/c1-4-7(20)10(23)12(25)17(28-4)31-14-9(22)6(3-19)30-16(27)15(14)32-18-13(26)11(24)8(21)5(2)29-18/h4-27H,3H2,1-2H3/t4-,5-,6+,7+,8+,9+,10+,11+,12-,13-,14-,15-,16-,17+,18+/m0/s1. The molecule has 0 amide bonds. The van der Waals surface area contributed by atoms with Crippen molar-refractivity contribution < 1.29 is 69.6 Å². The van der Waals surface area contributed by atoms with Crippen LogP contribution in [0.4, 0.5) is 0 Å². The highest BCUT2D eigenvalue weighted by molar-refractivity contribution is 4.95. The van der Waals surface area contributed by atoms with Gasteiger partial charge in [0.05, 0.1) is 18.8 Å². The summed E-state index contributed by atoms with van der Waals surface area (Å²) in [6, 6.07) is 0. The van der Waals surface area contributed by atoms with Crippen LogP contribution in [-0.2, 0) is 23.7 Å². The Morgan fingerprint density at radius 1 is 0.562 bits per heavy atom. The van der Waals surface area contributed by atoms with Gasteiger partial charge in [0.2, 0.25) is 0 Å². The number of hydrogen-bond donors (Lipinski definition) is 9. The number of rotatable bonds is 5. The monoisotopic (exact) mass is 472 g/mol. The van der Waals surface area contributed by atoms with Crippen molar-refractivity contribution in [3.63, 3.8) is 0 Å². The second-order valence-electron chi connectivity index (χ2n) is 8.30. The second kappa shape index (κ2) is 10.4. The van der Waals surface area contributed by atoms with Crippen LogP contribution in [0.25, 0.3) is 0 Å². The molecule has 9 N–H and O–H groups in total. The molecule has 14 nitrogen and oxygen atoms in total. The topological polar surface area (TPSA) is 228 Å². The van der Waals surface area contributed by atoms with E-state index in [-0.39, 0.29) is 0 Å². The summed E-state index contributed by atoms with van der Waals surface area (Å²) < 4.78 is 27.0. The van der Waals surface area contributed by atoms with Gasteiger partial charge < -0.3 is 69.6 Å². The summed E-state index contributed by atoms with van der Waals surface area (Å²) in [5, 5.41) is 90.6. The Kier molecular flexibility index (Phi) is 8.44. The van der Waals surface area contributed by atoms with E-state index in [2.05, 4.69) is 0 Å². The van der Waals surface area contributed by atoms with Crippen molar-refractivity contribution in [3.8, 4) is 0 Å². The smallest absolute Gasteiger partial charge is 0.187 e. The van der Waals surface area contributed by atoms with E-state index in [1.165, 1.54) is 13.8 Å². The molecular formula is C18H32O14. The van der Waals surface area contributed by atoms with Gasteiger partial charge in [-0.1, -0.05) is 0 Å². The molecule has 3 aliphatic heterocycles. The molecule has 0 aromatic heterocycles. The van der Waals surface area contributed by atoms with E-state index in [4.69, 9.17) is 23.7 Å². The molecule has 3 rings (SSSR count). The SMILES string of the molecule is C[C@@H]1O[C@H](O[C@H]2[C@H](O)[C@@H](CO)O[C@H](O)[C@H]2O[C@H]2O[C@@H](C)[C@@H](O)[C@@H](O)[C@@H]2O)[C@@H](O)[C@H](O)[C@@H]1O. The van der Waals surface area contributed by atoms with Gasteiger partial charge >= 0.3 is 0 Å². The molecule has 15 atom stereocenters. The van der Waals surface area contributed by atoms with Gasteiger partial charge in [0.15, 0.2) is 18.9 Å². The normalized spacial score (nSPS) is 55.0. The van der Waals surface area contributed by atoms with E-state index in [1.54, 1.807) is 0 Å². The number of hydrogen-bond acceptors (Lipinski definition) is 14. The first kappa shape index (κ1) is 26.1. The van der Waals surface area contributed by atoms with Crippen LogP contribution in [0.5, 0.6) is 0 Å². The summed E-state index contributed by atoms with van der Waals surface area (Å²) in [6.07, 6.45) is -22.6. The average molecular weight is 472 g/mol. The van der Waals surface area contributed by atoms with Crippen LogP contribution in [0.1, 0.15) is 13.8 Å². The first-order valence-electron chi connectivity index (χ1n) is 10.3. The summed E-state index contributed by atoms with van der Waals surface area (Å²) in [6.45, 7) is 2.10. The minimum atomic E-state index is -1.83.